The van der Waals surface area contributed by atoms with Crippen molar-refractivity contribution >= 4 is 35.1 Å². The fourth-order valence-corrected chi connectivity index (χ4v) is 5.27. The lowest BCUT2D eigenvalue weighted by atomic mass is 9.96. The van der Waals surface area contributed by atoms with Crippen LogP contribution in [0.3, 0.4) is 0 Å². The van der Waals surface area contributed by atoms with Gasteiger partial charge in [0.15, 0.2) is 4.80 Å². The van der Waals surface area contributed by atoms with Gasteiger partial charge in [-0.05, 0) is 49.9 Å². The number of ether oxygens (including phenoxy) is 2. The van der Waals surface area contributed by atoms with Crippen molar-refractivity contribution in [2.75, 3.05) is 20.0 Å². The quantitative estimate of drug-likeness (QED) is 0.399. The zero-order chi connectivity index (χ0) is 23.5. The van der Waals surface area contributed by atoms with E-state index >= 15 is 0 Å². The first-order valence-electron chi connectivity index (χ1n) is 10.4. The Morgan fingerprint density at radius 1 is 1.21 bits per heavy atom. The van der Waals surface area contributed by atoms with Gasteiger partial charge in [-0.1, -0.05) is 41.7 Å². The van der Waals surface area contributed by atoms with Crippen LogP contribution in [0.1, 0.15) is 31.0 Å². The molecule has 1 aliphatic rings. The number of para-hydroxylation sites is 1. The van der Waals surface area contributed by atoms with E-state index in [9.17, 15) is 9.59 Å². The Morgan fingerprint density at radius 3 is 2.61 bits per heavy atom. The van der Waals surface area contributed by atoms with Crippen molar-refractivity contribution in [3.63, 3.8) is 0 Å². The van der Waals surface area contributed by atoms with Crippen LogP contribution in [-0.2, 0) is 9.53 Å². The molecule has 0 bridgehead atoms. The number of carbonyl (C=O) groups excluding carboxylic acids is 1. The molecule has 0 radical (unpaired) electrons. The second kappa shape index (κ2) is 9.80. The van der Waals surface area contributed by atoms with Crippen LogP contribution < -0.4 is 19.6 Å². The van der Waals surface area contributed by atoms with Gasteiger partial charge in [-0.2, -0.15) is 0 Å². The molecule has 0 saturated carbocycles. The Hall–Kier alpha value is -3.10. The van der Waals surface area contributed by atoms with Gasteiger partial charge in [0.05, 0.1) is 35.6 Å². The van der Waals surface area contributed by atoms with Crippen LogP contribution in [0.4, 0.5) is 0 Å². The normalized spacial score (nSPS) is 15.8. The third-order valence-corrected chi connectivity index (χ3v) is 7.10. The number of benzene rings is 2. The molecule has 1 atom stereocenters. The zero-order valence-corrected chi connectivity index (χ0v) is 20.5. The Bertz CT molecular complexity index is 1400. The van der Waals surface area contributed by atoms with Crippen LogP contribution in [0, 0.1) is 0 Å². The number of thiazole rings is 1. The van der Waals surface area contributed by atoms with E-state index in [1.54, 1.807) is 43.4 Å². The van der Waals surface area contributed by atoms with Crippen molar-refractivity contribution in [1.29, 1.82) is 0 Å². The van der Waals surface area contributed by atoms with Gasteiger partial charge in [-0.25, -0.2) is 9.79 Å². The number of esters is 1. The van der Waals surface area contributed by atoms with E-state index in [1.165, 1.54) is 11.3 Å². The standard InChI is InChI=1S/C25H24N2O4S2/c1-5-31-24(29)21-15(2)26-25-27(22(21)16-10-12-18(32-4)13-11-16)23(28)20(33-25)14-17-8-6-7-9-19(17)30-3/h6-14,22H,5H2,1-4H3/t22-/m1/s1. The summed E-state index contributed by atoms with van der Waals surface area (Å²) in [4.78, 5) is 32.8. The summed E-state index contributed by atoms with van der Waals surface area (Å²) in [6.07, 6.45) is 3.81. The molecule has 0 spiro atoms. The van der Waals surface area contributed by atoms with E-state index in [2.05, 4.69) is 4.99 Å². The SMILES string of the molecule is CCOC(=O)C1=C(C)N=c2sc(=Cc3ccccc3OC)c(=O)n2[C@@H]1c1ccc(SC)cc1. The summed E-state index contributed by atoms with van der Waals surface area (Å²) in [6, 6.07) is 14.8. The number of thioether (sulfide) groups is 1. The first-order valence-corrected chi connectivity index (χ1v) is 12.5. The van der Waals surface area contributed by atoms with Crippen LogP contribution >= 0.6 is 23.1 Å². The summed E-state index contributed by atoms with van der Waals surface area (Å²) in [5.74, 6) is 0.215. The summed E-state index contributed by atoms with van der Waals surface area (Å²) >= 11 is 2.93. The Kier molecular flexibility index (Phi) is 6.85. The topological polar surface area (TPSA) is 69.9 Å². The molecule has 0 unspecified atom stereocenters. The van der Waals surface area contributed by atoms with Gasteiger partial charge >= 0.3 is 5.97 Å². The predicted octanol–water partition coefficient (Wildman–Crippen LogP) is 3.53. The van der Waals surface area contributed by atoms with E-state index in [0.29, 0.717) is 26.4 Å². The molecule has 6 nitrogen and oxygen atoms in total. The van der Waals surface area contributed by atoms with E-state index in [4.69, 9.17) is 9.47 Å². The van der Waals surface area contributed by atoms with Crippen molar-refractivity contribution in [3.05, 3.63) is 90.6 Å². The molecule has 33 heavy (non-hydrogen) atoms. The third kappa shape index (κ3) is 4.41. The lowest BCUT2D eigenvalue weighted by Gasteiger charge is -2.24. The minimum absolute atomic E-state index is 0.210. The van der Waals surface area contributed by atoms with Crippen molar-refractivity contribution in [1.82, 2.24) is 4.57 Å². The van der Waals surface area contributed by atoms with Crippen LogP contribution in [0.25, 0.3) is 6.08 Å². The van der Waals surface area contributed by atoms with Gasteiger partial charge in [0.1, 0.15) is 5.75 Å². The number of allylic oxidation sites excluding steroid dienone is 1. The first kappa shape index (κ1) is 23.1. The van der Waals surface area contributed by atoms with Crippen molar-refractivity contribution in [2.24, 2.45) is 4.99 Å². The van der Waals surface area contributed by atoms with Crippen molar-refractivity contribution in [2.45, 2.75) is 24.8 Å². The molecule has 170 valence electrons. The second-order valence-electron chi connectivity index (χ2n) is 7.32. The maximum Gasteiger partial charge on any atom is 0.338 e. The number of aromatic nitrogens is 1. The van der Waals surface area contributed by atoms with Gasteiger partial charge < -0.3 is 9.47 Å². The molecular weight excluding hydrogens is 456 g/mol. The molecule has 1 aliphatic heterocycles. The second-order valence-corrected chi connectivity index (χ2v) is 9.21. The van der Waals surface area contributed by atoms with Gasteiger partial charge in [0.2, 0.25) is 0 Å². The molecule has 0 fully saturated rings. The maximum atomic E-state index is 13.6. The Labute approximate surface area is 199 Å². The molecule has 0 N–H and O–H groups in total. The lowest BCUT2D eigenvalue weighted by Crippen LogP contribution is -2.39. The van der Waals surface area contributed by atoms with E-state index in [0.717, 1.165) is 16.0 Å². The highest BCUT2D eigenvalue weighted by atomic mass is 32.2. The van der Waals surface area contributed by atoms with E-state index in [1.807, 2.05) is 54.8 Å². The Morgan fingerprint density at radius 2 is 1.94 bits per heavy atom. The fourth-order valence-electron chi connectivity index (χ4n) is 3.82. The molecule has 0 amide bonds. The largest absolute Gasteiger partial charge is 0.496 e. The molecule has 0 aliphatic carbocycles. The number of nitrogens with zero attached hydrogens (tertiary/aromatic N) is 2. The highest BCUT2D eigenvalue weighted by Crippen LogP contribution is 2.31. The average molecular weight is 481 g/mol. The summed E-state index contributed by atoms with van der Waals surface area (Å²) in [5.41, 5.74) is 2.35. The summed E-state index contributed by atoms with van der Waals surface area (Å²) < 4.78 is 12.9. The summed E-state index contributed by atoms with van der Waals surface area (Å²) in [5, 5.41) is 0. The summed E-state index contributed by atoms with van der Waals surface area (Å²) in [7, 11) is 1.60. The average Bonchev–Trinajstić information content (AvgIpc) is 3.13. The van der Waals surface area contributed by atoms with Crippen molar-refractivity contribution < 1.29 is 14.3 Å². The fraction of sp³-hybridized carbons (Fsp3) is 0.240. The smallest absolute Gasteiger partial charge is 0.338 e. The lowest BCUT2D eigenvalue weighted by molar-refractivity contribution is -0.139. The number of carbonyl (C=O) groups is 1. The number of methoxy groups -OCH3 is 1. The van der Waals surface area contributed by atoms with Gasteiger partial charge in [-0.15, -0.1) is 11.8 Å². The van der Waals surface area contributed by atoms with Crippen molar-refractivity contribution in [3.8, 4) is 5.75 Å². The molecule has 2 aromatic carbocycles. The van der Waals surface area contributed by atoms with E-state index in [-0.39, 0.29) is 12.2 Å². The number of fused-ring (bicyclic) bond motifs is 1. The number of rotatable bonds is 6. The number of hydrogen-bond acceptors (Lipinski definition) is 7. The minimum Gasteiger partial charge on any atom is -0.496 e. The molecule has 4 rings (SSSR count). The van der Waals surface area contributed by atoms with Crippen LogP contribution in [-0.4, -0.2) is 30.5 Å². The van der Waals surface area contributed by atoms with Crippen LogP contribution in [0.15, 0.2) is 74.5 Å². The highest BCUT2D eigenvalue weighted by molar-refractivity contribution is 7.98. The zero-order valence-electron chi connectivity index (χ0n) is 18.8. The molecule has 1 aromatic heterocycles. The predicted molar refractivity (Wildman–Crippen MR) is 132 cm³/mol. The van der Waals surface area contributed by atoms with E-state index < -0.39 is 12.0 Å². The third-order valence-electron chi connectivity index (χ3n) is 5.37. The monoisotopic (exact) mass is 480 g/mol. The maximum absolute atomic E-state index is 13.6. The van der Waals surface area contributed by atoms with Gasteiger partial charge in [0, 0.05) is 10.5 Å². The van der Waals surface area contributed by atoms with Gasteiger partial charge in [-0.3, -0.25) is 9.36 Å². The molecular formula is C25H24N2O4S2. The molecule has 0 saturated heterocycles. The Balaban J connectivity index is 1.95. The van der Waals surface area contributed by atoms with Crippen LogP contribution in [0.5, 0.6) is 5.75 Å². The van der Waals surface area contributed by atoms with Crippen LogP contribution in [0.2, 0.25) is 0 Å². The van der Waals surface area contributed by atoms with Gasteiger partial charge in [0.25, 0.3) is 5.56 Å². The molecule has 2 heterocycles. The highest BCUT2D eigenvalue weighted by Gasteiger charge is 2.33. The number of hydrogen-bond donors (Lipinski definition) is 0. The molecule has 3 aromatic rings. The minimum atomic E-state index is -0.615. The summed E-state index contributed by atoms with van der Waals surface area (Å²) in [6.45, 7) is 3.79. The first-order chi connectivity index (χ1) is 16.0. The molecule has 8 heteroatoms.